The maximum absolute atomic E-state index is 13.4. The number of Topliss-reactive ketones (excluding diaryl/α,β-unsaturated/α-hetero) is 1. The van der Waals surface area contributed by atoms with Crippen molar-refractivity contribution in [3.05, 3.63) is 48.5 Å². The summed E-state index contributed by atoms with van der Waals surface area (Å²) in [6.07, 6.45) is 0.255. The number of rotatable bonds is 5. The molecule has 186 valence electrons. The zero-order chi connectivity index (χ0) is 25.5. The van der Waals surface area contributed by atoms with Gasteiger partial charge < -0.3 is 9.64 Å². The molecular formula is C27H33N3O4S. The molecule has 3 aromatic rings. The van der Waals surface area contributed by atoms with E-state index in [0.29, 0.717) is 34.8 Å². The molecule has 0 spiro atoms. The zero-order valence-electron chi connectivity index (χ0n) is 21.0. The fourth-order valence-electron chi connectivity index (χ4n) is 4.54. The minimum absolute atomic E-state index is 0.0460. The molecule has 0 bridgehead atoms. The first kappa shape index (κ1) is 25.0. The fourth-order valence-corrected chi connectivity index (χ4v) is 5.47. The lowest BCUT2D eigenvalue weighted by atomic mass is 10.1. The van der Waals surface area contributed by atoms with Crippen molar-refractivity contribution in [3.63, 3.8) is 0 Å². The van der Waals surface area contributed by atoms with Crippen LogP contribution in [0.25, 0.3) is 22.2 Å². The van der Waals surface area contributed by atoms with E-state index in [2.05, 4.69) is 4.90 Å². The zero-order valence-corrected chi connectivity index (χ0v) is 21.8. The maximum atomic E-state index is 13.4. The van der Waals surface area contributed by atoms with Crippen molar-refractivity contribution in [2.24, 2.45) is 5.92 Å². The van der Waals surface area contributed by atoms with Crippen LogP contribution in [-0.2, 0) is 19.3 Å². The Bertz CT molecular complexity index is 1400. The molecule has 1 aliphatic heterocycles. The summed E-state index contributed by atoms with van der Waals surface area (Å²) in [6, 6.07) is 14.9. The van der Waals surface area contributed by atoms with E-state index in [9.17, 15) is 13.8 Å². The first-order valence-corrected chi connectivity index (χ1v) is 13.6. The molecule has 1 saturated heterocycles. The number of benzene rings is 2. The molecule has 4 rings (SSSR count). The molecule has 7 nitrogen and oxygen atoms in total. The van der Waals surface area contributed by atoms with Gasteiger partial charge in [-0.15, -0.1) is 0 Å². The lowest BCUT2D eigenvalue weighted by molar-refractivity contribution is -0.120. The van der Waals surface area contributed by atoms with Crippen LogP contribution in [0.5, 0.6) is 0 Å². The second-order valence-corrected chi connectivity index (χ2v) is 12.5. The van der Waals surface area contributed by atoms with Gasteiger partial charge in [-0.3, -0.25) is 4.79 Å². The summed E-state index contributed by atoms with van der Waals surface area (Å²) < 4.78 is 28.7. The molecule has 8 heteroatoms. The Morgan fingerprint density at radius 1 is 1.14 bits per heavy atom. The van der Waals surface area contributed by atoms with E-state index in [1.165, 1.54) is 0 Å². The summed E-state index contributed by atoms with van der Waals surface area (Å²) in [5.41, 5.74) is 2.16. The number of para-hydroxylation sites is 1. The Morgan fingerprint density at radius 3 is 2.49 bits per heavy atom. The van der Waals surface area contributed by atoms with Crippen molar-refractivity contribution >= 4 is 38.2 Å². The van der Waals surface area contributed by atoms with E-state index in [4.69, 9.17) is 9.52 Å². The molecule has 1 aliphatic rings. The number of hydrogen-bond acceptors (Lipinski definition) is 6. The van der Waals surface area contributed by atoms with E-state index in [1.54, 1.807) is 30.5 Å². The first-order valence-electron chi connectivity index (χ1n) is 11.9. The highest BCUT2D eigenvalue weighted by atomic mass is 32.2. The number of ketones is 1. The van der Waals surface area contributed by atoms with Crippen LogP contribution in [0.3, 0.4) is 0 Å². The minimum atomic E-state index is -2.98. The number of nitrogens with zero attached hydrogens (tertiary/aromatic N) is 2. The van der Waals surface area contributed by atoms with E-state index in [-0.39, 0.29) is 17.5 Å². The Balaban J connectivity index is 1.96. The van der Waals surface area contributed by atoms with E-state index in [1.807, 2.05) is 57.2 Å². The van der Waals surface area contributed by atoms with Gasteiger partial charge in [-0.05, 0) is 64.4 Å². The number of fused-ring (bicyclic) bond motifs is 1. The molecule has 35 heavy (non-hydrogen) atoms. The monoisotopic (exact) mass is 495 g/mol. The minimum Gasteiger partial charge on any atom is -0.443 e. The van der Waals surface area contributed by atoms with Crippen molar-refractivity contribution < 1.29 is 18.5 Å². The first-order chi connectivity index (χ1) is 16.4. The van der Waals surface area contributed by atoms with Crippen LogP contribution < -0.4 is 4.90 Å². The Morgan fingerprint density at radius 2 is 1.86 bits per heavy atom. The van der Waals surface area contributed by atoms with Crippen molar-refractivity contribution in [2.75, 3.05) is 23.7 Å². The van der Waals surface area contributed by atoms with Gasteiger partial charge in [-0.2, -0.15) is 0 Å². The number of hydrogen-bond donors (Lipinski definition) is 1. The Labute approximate surface area is 207 Å². The molecule has 0 radical (unpaired) electrons. The summed E-state index contributed by atoms with van der Waals surface area (Å²) >= 11 is 0. The number of ether oxygens (including phenoxy) is 1. The molecule has 1 aromatic heterocycles. The third-order valence-electron chi connectivity index (χ3n) is 6.42. The quantitative estimate of drug-likeness (QED) is 0.473. The summed E-state index contributed by atoms with van der Waals surface area (Å²) in [4.78, 5) is 28.0. The molecule has 2 heterocycles. The number of carbonyl (C=O) groups excluding carboxylic acids is 2. The predicted octanol–water partition coefficient (Wildman–Crippen LogP) is 5.93. The Hall–Kier alpha value is -3.13. The number of aromatic nitrogens is 1. The van der Waals surface area contributed by atoms with Crippen LogP contribution in [0.15, 0.2) is 53.4 Å². The van der Waals surface area contributed by atoms with Gasteiger partial charge in [-0.25, -0.2) is 18.4 Å². The van der Waals surface area contributed by atoms with Crippen molar-refractivity contribution in [2.45, 2.75) is 51.5 Å². The highest BCUT2D eigenvalue weighted by molar-refractivity contribution is 7.92. The average molecular weight is 496 g/mol. The van der Waals surface area contributed by atoms with E-state index < -0.39 is 21.4 Å². The van der Waals surface area contributed by atoms with Gasteiger partial charge in [-0.1, -0.05) is 25.1 Å². The summed E-state index contributed by atoms with van der Waals surface area (Å²) in [5, 5.41) is 0.870. The number of anilines is 1. The van der Waals surface area contributed by atoms with Crippen molar-refractivity contribution in [1.29, 1.82) is 4.78 Å². The second kappa shape index (κ2) is 9.15. The SMILES string of the molecule is CC[S@@](=N)(=O)c1ccc(N2CC[C@H](C(C)=O)C2)c(-c2cc3ccccc3n2C(=O)OC(C)(C)C)c1. The summed E-state index contributed by atoms with van der Waals surface area (Å²) in [7, 11) is -2.98. The maximum Gasteiger partial charge on any atom is 0.419 e. The van der Waals surface area contributed by atoms with Gasteiger partial charge in [0.25, 0.3) is 0 Å². The predicted molar refractivity (Wildman–Crippen MR) is 140 cm³/mol. The number of carbonyl (C=O) groups is 2. The van der Waals surface area contributed by atoms with Gasteiger partial charge in [0.15, 0.2) is 0 Å². The molecule has 2 aromatic carbocycles. The van der Waals surface area contributed by atoms with Crippen LogP contribution in [0.4, 0.5) is 10.5 Å². The average Bonchev–Trinajstić information content (AvgIpc) is 3.43. The van der Waals surface area contributed by atoms with E-state index in [0.717, 1.165) is 17.5 Å². The molecule has 0 unspecified atom stereocenters. The molecule has 0 amide bonds. The van der Waals surface area contributed by atoms with Gasteiger partial charge >= 0.3 is 6.09 Å². The number of nitrogens with one attached hydrogen (secondary N) is 1. The second-order valence-electron chi connectivity index (χ2n) is 10.1. The van der Waals surface area contributed by atoms with Gasteiger partial charge in [0.2, 0.25) is 0 Å². The highest BCUT2D eigenvalue weighted by Gasteiger charge is 2.30. The Kier molecular flexibility index (Phi) is 6.53. The topological polar surface area (TPSA) is 92.5 Å². The molecule has 1 fully saturated rings. The molecule has 1 N–H and O–H groups in total. The van der Waals surface area contributed by atoms with Crippen molar-refractivity contribution in [3.8, 4) is 11.3 Å². The van der Waals surface area contributed by atoms with Crippen LogP contribution in [-0.4, -0.2) is 45.1 Å². The third kappa shape index (κ3) is 4.98. The lowest BCUT2D eigenvalue weighted by Gasteiger charge is -2.25. The van der Waals surface area contributed by atoms with Gasteiger partial charge in [0.05, 0.1) is 20.9 Å². The molecule has 0 aliphatic carbocycles. The van der Waals surface area contributed by atoms with Gasteiger partial charge in [0, 0.05) is 46.3 Å². The highest BCUT2D eigenvalue weighted by Crippen LogP contribution is 2.39. The largest absolute Gasteiger partial charge is 0.443 e. The lowest BCUT2D eigenvalue weighted by Crippen LogP contribution is -2.28. The summed E-state index contributed by atoms with van der Waals surface area (Å²) in [6.45, 7) is 10.1. The smallest absolute Gasteiger partial charge is 0.419 e. The van der Waals surface area contributed by atoms with Gasteiger partial charge in [0.1, 0.15) is 11.4 Å². The van der Waals surface area contributed by atoms with E-state index >= 15 is 0 Å². The van der Waals surface area contributed by atoms with Crippen LogP contribution in [0.1, 0.15) is 41.0 Å². The normalized spacial score (nSPS) is 18.0. The van der Waals surface area contributed by atoms with Crippen LogP contribution in [0, 0.1) is 10.7 Å². The molecule has 0 saturated carbocycles. The molecule has 2 atom stereocenters. The third-order valence-corrected chi connectivity index (χ3v) is 8.25. The van der Waals surface area contributed by atoms with Crippen LogP contribution in [0.2, 0.25) is 0 Å². The molecular weight excluding hydrogens is 462 g/mol. The fraction of sp³-hybridized carbons (Fsp3) is 0.407. The standard InChI is InChI=1S/C27H33N3O4S/c1-6-35(28,33)21-11-12-24(29-14-13-20(17-29)18(2)31)22(16-21)25-15-19-9-7-8-10-23(19)30(25)26(32)34-27(3,4)5/h7-12,15-16,20,28H,6,13-14,17H2,1-5H3/t20-,35+/m0/s1. The summed E-state index contributed by atoms with van der Waals surface area (Å²) in [5.74, 6) is 0.306. The van der Waals surface area contributed by atoms with Crippen LogP contribution >= 0.6 is 0 Å². The van der Waals surface area contributed by atoms with Crippen molar-refractivity contribution in [1.82, 2.24) is 4.57 Å².